The van der Waals surface area contributed by atoms with E-state index in [9.17, 15) is 8.42 Å². The number of anilines is 2. The van der Waals surface area contributed by atoms with Crippen molar-refractivity contribution in [2.45, 2.75) is 31.1 Å². The average molecular weight is 403 g/mol. The number of aromatic nitrogens is 2. The lowest BCUT2D eigenvalue weighted by Gasteiger charge is -2.34. The summed E-state index contributed by atoms with van der Waals surface area (Å²) in [5.74, 6) is 0.749. The second kappa shape index (κ2) is 6.22. The minimum atomic E-state index is -3.34. The molecule has 0 radical (unpaired) electrons. The number of fused-ring (bicyclic) bond motifs is 1. The van der Waals surface area contributed by atoms with Gasteiger partial charge in [-0.05, 0) is 31.4 Å². The van der Waals surface area contributed by atoms with E-state index in [1.165, 1.54) is 15.6 Å². The third-order valence-electron chi connectivity index (χ3n) is 4.66. The summed E-state index contributed by atoms with van der Waals surface area (Å²) in [4.78, 5) is 10.9. The van der Waals surface area contributed by atoms with Crippen LogP contribution >= 0.6 is 22.9 Å². The monoisotopic (exact) mass is 402 g/mol. The molecule has 1 aliphatic carbocycles. The molecule has 4 rings (SSSR count). The van der Waals surface area contributed by atoms with Crippen LogP contribution in [-0.4, -0.2) is 56.5 Å². The van der Waals surface area contributed by atoms with Gasteiger partial charge in [-0.25, -0.2) is 13.4 Å². The molecule has 25 heavy (non-hydrogen) atoms. The molecule has 2 aromatic heterocycles. The highest BCUT2D eigenvalue weighted by molar-refractivity contribution is 7.93. The van der Waals surface area contributed by atoms with E-state index in [4.69, 9.17) is 16.3 Å². The number of halogens is 1. The molecule has 0 bridgehead atoms. The Balaban J connectivity index is 1.81. The minimum absolute atomic E-state index is 0.123. The lowest BCUT2D eigenvalue weighted by molar-refractivity contribution is 0.0987. The number of sulfonamides is 1. The standard InChI is InChI=1S/C15H19ClN4O3S2/c1-9-7-23-6-5-20(9)14-13-12(17-15(16)18-14)11(8-24-13)19(2)25(21,22)10-3-4-10/h8-10H,3-7H2,1-2H3/t9-/m1/s1. The normalized spacial score (nSPS) is 21.7. The molecule has 2 fully saturated rings. The molecule has 136 valence electrons. The highest BCUT2D eigenvalue weighted by Crippen LogP contribution is 2.41. The fourth-order valence-electron chi connectivity index (χ4n) is 3.05. The predicted molar refractivity (Wildman–Crippen MR) is 100 cm³/mol. The first-order valence-corrected chi connectivity index (χ1v) is 10.9. The number of hydrogen-bond acceptors (Lipinski definition) is 7. The van der Waals surface area contributed by atoms with Gasteiger partial charge in [-0.15, -0.1) is 11.3 Å². The van der Waals surface area contributed by atoms with E-state index in [1.807, 2.05) is 5.38 Å². The van der Waals surface area contributed by atoms with Crippen molar-refractivity contribution in [1.29, 1.82) is 0 Å². The zero-order valence-corrected chi connectivity index (χ0v) is 16.4. The Morgan fingerprint density at radius 3 is 2.84 bits per heavy atom. The molecule has 10 heteroatoms. The van der Waals surface area contributed by atoms with Gasteiger partial charge in [0.2, 0.25) is 15.3 Å². The van der Waals surface area contributed by atoms with E-state index in [1.54, 1.807) is 7.05 Å². The third-order valence-corrected chi connectivity index (χ3v) is 8.05. The van der Waals surface area contributed by atoms with Gasteiger partial charge in [-0.1, -0.05) is 0 Å². The molecular weight excluding hydrogens is 384 g/mol. The second-order valence-corrected chi connectivity index (χ2v) is 9.91. The van der Waals surface area contributed by atoms with E-state index in [0.29, 0.717) is 31.0 Å². The first kappa shape index (κ1) is 17.3. The van der Waals surface area contributed by atoms with Crippen LogP contribution < -0.4 is 9.21 Å². The Hall–Kier alpha value is -1.16. The van der Waals surface area contributed by atoms with Gasteiger partial charge >= 0.3 is 0 Å². The lowest BCUT2D eigenvalue weighted by atomic mass is 10.2. The first-order chi connectivity index (χ1) is 11.9. The SMILES string of the molecule is C[C@@H]1COCCN1c1nc(Cl)nc2c(N(C)S(=O)(=O)C3CC3)csc12. The molecule has 3 heterocycles. The largest absolute Gasteiger partial charge is 0.377 e. The van der Waals surface area contributed by atoms with Gasteiger partial charge in [0, 0.05) is 19.0 Å². The summed E-state index contributed by atoms with van der Waals surface area (Å²) in [7, 11) is -1.75. The topological polar surface area (TPSA) is 75.6 Å². The van der Waals surface area contributed by atoms with Gasteiger partial charge < -0.3 is 9.64 Å². The van der Waals surface area contributed by atoms with Gasteiger partial charge in [0.1, 0.15) is 5.52 Å². The fourth-order valence-corrected chi connectivity index (χ4v) is 5.90. The van der Waals surface area contributed by atoms with Crippen molar-refractivity contribution in [2.24, 2.45) is 0 Å². The number of ether oxygens (including phenoxy) is 1. The molecule has 1 atom stereocenters. The van der Waals surface area contributed by atoms with Crippen LogP contribution in [0, 0.1) is 0 Å². The Kier molecular flexibility index (Phi) is 4.30. The van der Waals surface area contributed by atoms with Crippen LogP contribution in [0.3, 0.4) is 0 Å². The van der Waals surface area contributed by atoms with E-state index in [-0.39, 0.29) is 16.6 Å². The smallest absolute Gasteiger partial charge is 0.237 e. The summed E-state index contributed by atoms with van der Waals surface area (Å²) in [5, 5.41) is 1.67. The number of thiophene rings is 1. The molecule has 0 spiro atoms. The number of morpholine rings is 1. The molecule has 0 aromatic carbocycles. The minimum Gasteiger partial charge on any atom is -0.377 e. The average Bonchev–Trinajstić information content (AvgIpc) is 3.35. The van der Waals surface area contributed by atoms with E-state index < -0.39 is 10.0 Å². The Bertz CT molecular complexity index is 913. The number of hydrogen-bond donors (Lipinski definition) is 0. The van der Waals surface area contributed by atoms with Crippen molar-refractivity contribution in [3.05, 3.63) is 10.7 Å². The summed E-state index contributed by atoms with van der Waals surface area (Å²) >= 11 is 7.62. The molecule has 2 aliphatic rings. The van der Waals surface area contributed by atoms with Gasteiger partial charge in [0.15, 0.2) is 5.82 Å². The number of nitrogens with zero attached hydrogens (tertiary/aromatic N) is 4. The van der Waals surface area contributed by atoms with Gasteiger partial charge in [0.25, 0.3) is 0 Å². The van der Waals surface area contributed by atoms with Crippen LogP contribution in [0.4, 0.5) is 11.5 Å². The van der Waals surface area contributed by atoms with Crippen LogP contribution in [-0.2, 0) is 14.8 Å². The molecule has 1 saturated carbocycles. The van der Waals surface area contributed by atoms with Crippen molar-refractivity contribution < 1.29 is 13.2 Å². The van der Waals surface area contributed by atoms with Crippen molar-refractivity contribution in [2.75, 3.05) is 36.0 Å². The summed E-state index contributed by atoms with van der Waals surface area (Å²) < 4.78 is 32.9. The molecule has 0 amide bonds. The lowest BCUT2D eigenvalue weighted by Crippen LogP contribution is -2.44. The fraction of sp³-hybridized carbons (Fsp3) is 0.600. The summed E-state index contributed by atoms with van der Waals surface area (Å²) in [6, 6.07) is 0.168. The van der Waals surface area contributed by atoms with Gasteiger partial charge in [-0.3, -0.25) is 4.31 Å². The highest BCUT2D eigenvalue weighted by Gasteiger charge is 2.40. The zero-order chi connectivity index (χ0) is 17.8. The molecule has 1 aliphatic heterocycles. The van der Waals surface area contributed by atoms with Crippen LogP contribution in [0.2, 0.25) is 5.28 Å². The Morgan fingerprint density at radius 1 is 1.40 bits per heavy atom. The summed E-state index contributed by atoms with van der Waals surface area (Å²) in [6.45, 7) is 4.03. The van der Waals surface area contributed by atoms with Crippen molar-refractivity contribution in [1.82, 2.24) is 9.97 Å². The molecular formula is C15H19ClN4O3S2. The van der Waals surface area contributed by atoms with Gasteiger partial charge in [-0.2, -0.15) is 4.98 Å². The Labute approximate surface area is 155 Å². The quantitative estimate of drug-likeness (QED) is 0.731. The molecule has 0 N–H and O–H groups in total. The predicted octanol–water partition coefficient (Wildman–Crippen LogP) is 2.50. The summed E-state index contributed by atoms with van der Waals surface area (Å²) in [5.41, 5.74) is 1.16. The summed E-state index contributed by atoms with van der Waals surface area (Å²) in [6.07, 6.45) is 1.45. The maximum absolute atomic E-state index is 12.6. The van der Waals surface area contributed by atoms with Crippen LogP contribution in [0.15, 0.2) is 5.38 Å². The van der Waals surface area contributed by atoms with Gasteiger partial charge in [0.05, 0.1) is 34.9 Å². The van der Waals surface area contributed by atoms with Crippen molar-refractivity contribution in [3.8, 4) is 0 Å². The highest BCUT2D eigenvalue weighted by atomic mass is 35.5. The van der Waals surface area contributed by atoms with Crippen molar-refractivity contribution >= 4 is 54.7 Å². The molecule has 2 aromatic rings. The first-order valence-electron chi connectivity index (χ1n) is 8.16. The number of rotatable bonds is 4. The second-order valence-electron chi connectivity index (χ2n) is 6.44. The molecule has 7 nitrogen and oxygen atoms in total. The van der Waals surface area contributed by atoms with E-state index in [2.05, 4.69) is 21.8 Å². The van der Waals surface area contributed by atoms with E-state index >= 15 is 0 Å². The Morgan fingerprint density at radius 2 is 2.16 bits per heavy atom. The van der Waals surface area contributed by atoms with Crippen LogP contribution in [0.1, 0.15) is 19.8 Å². The third kappa shape index (κ3) is 2.97. The zero-order valence-electron chi connectivity index (χ0n) is 14.0. The maximum Gasteiger partial charge on any atom is 0.237 e. The van der Waals surface area contributed by atoms with Crippen LogP contribution in [0.5, 0.6) is 0 Å². The molecule has 0 unspecified atom stereocenters. The van der Waals surface area contributed by atoms with E-state index in [0.717, 1.165) is 23.4 Å². The van der Waals surface area contributed by atoms with Crippen LogP contribution in [0.25, 0.3) is 10.2 Å². The van der Waals surface area contributed by atoms with Crippen molar-refractivity contribution in [3.63, 3.8) is 0 Å². The maximum atomic E-state index is 12.6. The molecule has 1 saturated heterocycles.